The molecule has 78 valence electrons. The Morgan fingerprint density at radius 2 is 1.69 bits per heavy atom. The van der Waals surface area contributed by atoms with Crippen molar-refractivity contribution in [2.45, 2.75) is 4.90 Å². The van der Waals surface area contributed by atoms with Crippen LogP contribution in [0, 0.1) is 0 Å². The zero-order chi connectivity index (χ0) is 11.1. The van der Waals surface area contributed by atoms with Crippen molar-refractivity contribution in [3.63, 3.8) is 0 Å². The van der Waals surface area contributed by atoms with E-state index in [4.69, 9.17) is 0 Å². The van der Waals surface area contributed by atoms with Crippen LogP contribution >= 0.6 is 9.24 Å². The first kappa shape index (κ1) is 14.1. The fraction of sp³-hybridized carbons (Fsp3) is 0. The van der Waals surface area contributed by atoms with Crippen LogP contribution in [-0.4, -0.2) is 13.0 Å². The zero-order valence-corrected chi connectivity index (χ0v) is 12.6. The van der Waals surface area contributed by atoms with Gasteiger partial charge in [-0.1, -0.05) is 36.4 Å². The molecular formula is C10H8NaO3PS. The van der Waals surface area contributed by atoms with E-state index in [1.165, 1.54) is 0 Å². The number of hydrogen-bond donors (Lipinski definition) is 0. The second-order valence-corrected chi connectivity index (χ2v) is 5.10. The van der Waals surface area contributed by atoms with Gasteiger partial charge in [-0.25, -0.2) is 8.42 Å². The van der Waals surface area contributed by atoms with Crippen LogP contribution in [0.2, 0.25) is 0 Å². The summed E-state index contributed by atoms with van der Waals surface area (Å²) in [6.07, 6.45) is 0. The van der Waals surface area contributed by atoms with Crippen LogP contribution in [-0.2, 0) is 10.1 Å². The van der Waals surface area contributed by atoms with Crippen molar-refractivity contribution < 1.29 is 42.5 Å². The summed E-state index contributed by atoms with van der Waals surface area (Å²) in [4.78, 5) is -0.148. The normalized spacial score (nSPS) is 11.1. The number of benzene rings is 2. The summed E-state index contributed by atoms with van der Waals surface area (Å²) in [7, 11) is -2.16. The second kappa shape index (κ2) is 5.13. The average Bonchev–Trinajstić information content (AvgIpc) is 2.15. The minimum Gasteiger partial charge on any atom is -0.744 e. The molecule has 0 N–H and O–H groups in total. The Hall–Kier alpha value is 0.0400. The Bertz CT molecular complexity index is 625. The van der Waals surface area contributed by atoms with Crippen molar-refractivity contribution in [2.75, 3.05) is 0 Å². The van der Waals surface area contributed by atoms with Gasteiger partial charge >= 0.3 is 29.6 Å². The van der Waals surface area contributed by atoms with E-state index in [9.17, 15) is 13.0 Å². The maximum Gasteiger partial charge on any atom is 1.00 e. The zero-order valence-electron chi connectivity index (χ0n) is 8.67. The van der Waals surface area contributed by atoms with Gasteiger partial charge in [-0.05, 0) is 16.1 Å². The summed E-state index contributed by atoms with van der Waals surface area (Å²) in [5.74, 6) is 0. The first-order chi connectivity index (χ1) is 7.00. The third kappa shape index (κ3) is 2.65. The summed E-state index contributed by atoms with van der Waals surface area (Å²) in [6.45, 7) is 0. The van der Waals surface area contributed by atoms with Gasteiger partial charge in [0.2, 0.25) is 0 Å². The SMILES string of the molecule is O=S(=O)([O-])c1c(P)ccc2ccccc12.[Na+]. The molecule has 0 saturated carbocycles. The molecule has 2 rings (SSSR count). The Balaban J connectivity index is 0.00000128. The summed E-state index contributed by atoms with van der Waals surface area (Å²) in [5, 5.41) is 1.63. The van der Waals surface area contributed by atoms with Gasteiger partial charge in [-0.3, -0.25) is 0 Å². The molecule has 1 unspecified atom stereocenters. The van der Waals surface area contributed by atoms with Crippen molar-refractivity contribution in [1.82, 2.24) is 0 Å². The topological polar surface area (TPSA) is 57.2 Å². The van der Waals surface area contributed by atoms with E-state index in [1.807, 2.05) is 0 Å². The van der Waals surface area contributed by atoms with Gasteiger partial charge in [0.05, 0.1) is 4.90 Å². The van der Waals surface area contributed by atoms with Crippen molar-refractivity contribution in [3.05, 3.63) is 36.4 Å². The van der Waals surface area contributed by atoms with Crippen molar-refractivity contribution in [2.24, 2.45) is 0 Å². The van der Waals surface area contributed by atoms with Crippen molar-refractivity contribution >= 4 is 35.4 Å². The van der Waals surface area contributed by atoms with Crippen LogP contribution in [0.5, 0.6) is 0 Å². The Kier molecular flexibility index (Phi) is 4.52. The molecule has 0 radical (unpaired) electrons. The Labute approximate surface area is 118 Å². The van der Waals surface area contributed by atoms with Gasteiger partial charge in [0.1, 0.15) is 10.1 Å². The van der Waals surface area contributed by atoms with E-state index in [1.54, 1.807) is 36.4 Å². The van der Waals surface area contributed by atoms with E-state index >= 15 is 0 Å². The molecule has 6 heteroatoms. The van der Waals surface area contributed by atoms with Crippen molar-refractivity contribution in [1.29, 1.82) is 0 Å². The third-order valence-electron chi connectivity index (χ3n) is 2.16. The molecule has 0 aromatic heterocycles. The molecule has 2 aromatic carbocycles. The molecular weight excluding hydrogens is 254 g/mol. The number of hydrogen-bond acceptors (Lipinski definition) is 3. The second-order valence-electron chi connectivity index (χ2n) is 3.16. The Morgan fingerprint density at radius 3 is 2.31 bits per heavy atom. The molecule has 0 aliphatic rings. The summed E-state index contributed by atoms with van der Waals surface area (Å²) < 4.78 is 33.3. The van der Waals surface area contributed by atoms with E-state index in [2.05, 4.69) is 9.24 Å². The average molecular weight is 262 g/mol. The fourth-order valence-corrected chi connectivity index (χ4v) is 3.04. The smallest absolute Gasteiger partial charge is 0.744 e. The first-order valence-corrected chi connectivity index (χ1v) is 6.22. The molecule has 0 saturated heterocycles. The van der Waals surface area contributed by atoms with Gasteiger partial charge in [-0.15, -0.1) is 9.24 Å². The largest absolute Gasteiger partial charge is 1.00 e. The molecule has 3 nitrogen and oxygen atoms in total. The van der Waals surface area contributed by atoms with Crippen LogP contribution in [0.4, 0.5) is 0 Å². The molecule has 0 aliphatic heterocycles. The quantitative estimate of drug-likeness (QED) is 0.348. The van der Waals surface area contributed by atoms with Crippen LogP contribution < -0.4 is 34.9 Å². The predicted octanol–water partition coefficient (Wildman–Crippen LogP) is -1.75. The van der Waals surface area contributed by atoms with Gasteiger partial charge < -0.3 is 4.55 Å². The van der Waals surface area contributed by atoms with Crippen LogP contribution in [0.15, 0.2) is 41.3 Å². The standard InChI is InChI=1S/C10H9O3PS.Na/c11-15(12,13)10-8-4-2-1-3-7(8)5-6-9(10)14;/h1-6H,14H2,(H,11,12,13);/q;+1/p-1. The molecule has 0 heterocycles. The molecule has 0 fully saturated rings. The minimum atomic E-state index is -4.43. The van der Waals surface area contributed by atoms with E-state index in [0.717, 1.165) is 5.39 Å². The molecule has 2 aromatic rings. The van der Waals surface area contributed by atoms with Crippen LogP contribution in [0.3, 0.4) is 0 Å². The molecule has 1 atom stereocenters. The first-order valence-electron chi connectivity index (χ1n) is 4.23. The molecule has 0 amide bonds. The fourth-order valence-electron chi connectivity index (χ4n) is 1.54. The number of fused-ring (bicyclic) bond motifs is 1. The van der Waals surface area contributed by atoms with Crippen LogP contribution in [0.25, 0.3) is 10.8 Å². The van der Waals surface area contributed by atoms with Crippen molar-refractivity contribution in [3.8, 4) is 0 Å². The Morgan fingerprint density at radius 1 is 1.06 bits per heavy atom. The molecule has 0 aliphatic carbocycles. The maximum atomic E-state index is 11.1. The van der Waals surface area contributed by atoms with Gasteiger partial charge in [0.15, 0.2) is 0 Å². The van der Waals surface area contributed by atoms with E-state index in [0.29, 0.717) is 10.7 Å². The molecule has 0 spiro atoms. The third-order valence-corrected chi connectivity index (χ3v) is 3.81. The summed E-state index contributed by atoms with van der Waals surface area (Å²) >= 11 is 0. The van der Waals surface area contributed by atoms with Gasteiger partial charge in [0.25, 0.3) is 0 Å². The van der Waals surface area contributed by atoms with Crippen LogP contribution in [0.1, 0.15) is 0 Å². The summed E-state index contributed by atoms with van der Waals surface area (Å²) in [5.41, 5.74) is 0. The van der Waals surface area contributed by atoms with E-state index in [-0.39, 0.29) is 34.5 Å². The molecule has 16 heavy (non-hydrogen) atoms. The molecule has 0 bridgehead atoms. The van der Waals surface area contributed by atoms with Gasteiger partial charge in [-0.2, -0.15) is 0 Å². The monoisotopic (exact) mass is 262 g/mol. The minimum absolute atomic E-state index is 0. The van der Waals surface area contributed by atoms with Gasteiger partial charge in [0, 0.05) is 0 Å². The predicted molar refractivity (Wildman–Crippen MR) is 61.3 cm³/mol. The van der Waals surface area contributed by atoms with E-state index < -0.39 is 10.1 Å². The summed E-state index contributed by atoms with van der Waals surface area (Å²) in [6, 6.07) is 10.3. The number of rotatable bonds is 1. The maximum absolute atomic E-state index is 11.1.